The lowest BCUT2D eigenvalue weighted by atomic mass is 10.1. The van der Waals surface area contributed by atoms with E-state index >= 15 is 0 Å². The van der Waals surface area contributed by atoms with Crippen LogP contribution in [0.5, 0.6) is 5.75 Å². The number of amides is 2. The predicted molar refractivity (Wildman–Crippen MR) is 88.0 cm³/mol. The Kier molecular flexibility index (Phi) is 4.64. The summed E-state index contributed by atoms with van der Waals surface area (Å²) in [5.74, 6) is 0.365. The Bertz CT molecular complexity index is 852. The lowest BCUT2D eigenvalue weighted by molar-refractivity contribution is -0.118. The van der Waals surface area contributed by atoms with Gasteiger partial charge >= 0.3 is 0 Å². The van der Waals surface area contributed by atoms with Gasteiger partial charge in [0.15, 0.2) is 6.61 Å². The fourth-order valence-electron chi connectivity index (χ4n) is 2.41. The van der Waals surface area contributed by atoms with Crippen molar-refractivity contribution >= 4 is 17.5 Å². The van der Waals surface area contributed by atoms with E-state index in [1.807, 2.05) is 0 Å². The molecule has 3 rings (SSSR count). The van der Waals surface area contributed by atoms with Crippen molar-refractivity contribution in [3.63, 3.8) is 0 Å². The molecule has 2 amide bonds. The summed E-state index contributed by atoms with van der Waals surface area (Å²) in [6, 6.07) is 6.70. The maximum atomic E-state index is 12.3. The Morgan fingerprint density at radius 3 is 3.00 bits per heavy atom. The molecule has 25 heavy (non-hydrogen) atoms. The third kappa shape index (κ3) is 3.94. The lowest BCUT2D eigenvalue weighted by Crippen LogP contribution is -2.26. The number of nitroso groups, excluding NO2 is 1. The van der Waals surface area contributed by atoms with Gasteiger partial charge in [0, 0.05) is 6.54 Å². The van der Waals surface area contributed by atoms with Crippen LogP contribution in [0.15, 0.2) is 29.4 Å². The van der Waals surface area contributed by atoms with Gasteiger partial charge in [0.1, 0.15) is 23.8 Å². The number of benzene rings is 1. The largest absolute Gasteiger partial charge is 0.482 e. The van der Waals surface area contributed by atoms with Gasteiger partial charge in [0.2, 0.25) is 0 Å². The quantitative estimate of drug-likeness (QED) is 0.791. The van der Waals surface area contributed by atoms with Crippen LogP contribution in [0.4, 0.5) is 5.69 Å². The molecule has 1 aromatic heterocycles. The summed E-state index contributed by atoms with van der Waals surface area (Å²) in [6.07, 6.45) is 0. The van der Waals surface area contributed by atoms with Gasteiger partial charge in [-0.1, -0.05) is 11.2 Å². The Hall–Kier alpha value is -3.36. The number of carbonyl (C=O) groups is 2. The van der Waals surface area contributed by atoms with Crippen molar-refractivity contribution in [3.8, 4) is 5.75 Å². The van der Waals surface area contributed by atoms with E-state index in [1.54, 1.807) is 25.1 Å². The molecule has 9 heteroatoms. The fourth-order valence-corrected chi connectivity index (χ4v) is 2.41. The number of anilines is 1. The van der Waals surface area contributed by atoms with Gasteiger partial charge in [0.05, 0.1) is 11.4 Å². The van der Waals surface area contributed by atoms with Crippen LogP contribution in [0.25, 0.3) is 0 Å². The zero-order valence-corrected chi connectivity index (χ0v) is 13.4. The van der Waals surface area contributed by atoms with Crippen LogP contribution in [0, 0.1) is 11.8 Å². The molecule has 0 unspecified atom stereocenters. The Morgan fingerprint density at radius 2 is 2.20 bits per heavy atom. The van der Waals surface area contributed by atoms with E-state index in [4.69, 9.17) is 4.74 Å². The molecule has 2 N–H and O–H groups in total. The van der Waals surface area contributed by atoms with E-state index in [0.717, 1.165) is 5.56 Å². The summed E-state index contributed by atoms with van der Waals surface area (Å²) >= 11 is 0. The number of nitrogens with zero attached hydrogens (tertiary/aromatic N) is 3. The molecule has 1 aliphatic rings. The van der Waals surface area contributed by atoms with Crippen molar-refractivity contribution in [2.45, 2.75) is 20.0 Å². The Morgan fingerprint density at radius 1 is 1.36 bits per heavy atom. The molecule has 2 aromatic rings. The van der Waals surface area contributed by atoms with Crippen LogP contribution < -0.4 is 15.4 Å². The average molecular weight is 341 g/mol. The molecule has 1 aromatic carbocycles. The number of rotatable bonds is 5. The molecule has 0 saturated heterocycles. The van der Waals surface area contributed by atoms with Crippen molar-refractivity contribution in [1.82, 2.24) is 15.3 Å². The SMILES string of the molecule is Cc1nc(CN=O)cc(C(=O)NCc2ccc3c(c2)NC(=O)CO3)n1. The summed E-state index contributed by atoms with van der Waals surface area (Å²) in [5, 5.41) is 8.22. The summed E-state index contributed by atoms with van der Waals surface area (Å²) in [4.78, 5) is 42.1. The van der Waals surface area contributed by atoms with Gasteiger partial charge in [-0.3, -0.25) is 9.59 Å². The molecule has 0 spiro atoms. The van der Waals surface area contributed by atoms with Gasteiger partial charge in [0.25, 0.3) is 11.8 Å². The third-order valence-electron chi connectivity index (χ3n) is 3.48. The van der Waals surface area contributed by atoms with E-state index in [2.05, 4.69) is 25.8 Å². The topological polar surface area (TPSA) is 123 Å². The van der Waals surface area contributed by atoms with Crippen molar-refractivity contribution in [3.05, 3.63) is 51.9 Å². The minimum Gasteiger partial charge on any atom is -0.482 e. The zero-order chi connectivity index (χ0) is 17.8. The van der Waals surface area contributed by atoms with E-state index in [9.17, 15) is 14.5 Å². The maximum absolute atomic E-state index is 12.3. The van der Waals surface area contributed by atoms with Crippen LogP contribution >= 0.6 is 0 Å². The molecule has 9 nitrogen and oxygen atoms in total. The van der Waals surface area contributed by atoms with Gasteiger partial charge < -0.3 is 15.4 Å². The van der Waals surface area contributed by atoms with Crippen LogP contribution in [0.1, 0.15) is 27.6 Å². The smallest absolute Gasteiger partial charge is 0.270 e. The second-order valence-corrected chi connectivity index (χ2v) is 5.43. The molecular formula is C16H15N5O4. The molecule has 1 aliphatic heterocycles. The van der Waals surface area contributed by atoms with Crippen molar-refractivity contribution in [1.29, 1.82) is 0 Å². The molecule has 0 aliphatic carbocycles. The minimum atomic E-state index is -0.393. The first-order valence-electron chi connectivity index (χ1n) is 7.52. The molecule has 0 bridgehead atoms. The average Bonchev–Trinajstić information content (AvgIpc) is 2.59. The van der Waals surface area contributed by atoms with Crippen LogP contribution in [-0.2, 0) is 17.9 Å². The van der Waals surface area contributed by atoms with Gasteiger partial charge in [-0.15, -0.1) is 0 Å². The normalized spacial score (nSPS) is 12.6. The zero-order valence-electron chi connectivity index (χ0n) is 13.4. The molecule has 0 atom stereocenters. The summed E-state index contributed by atoms with van der Waals surface area (Å²) < 4.78 is 5.28. The van der Waals surface area contributed by atoms with Crippen LogP contribution in [0.3, 0.4) is 0 Å². The highest BCUT2D eigenvalue weighted by atomic mass is 16.5. The maximum Gasteiger partial charge on any atom is 0.270 e. The standard InChI is InChI=1S/C16H15N5O4/c1-9-19-11(7-18-24)5-13(20-9)16(23)17-6-10-2-3-14-12(4-10)21-15(22)8-25-14/h2-5H,6-8H2,1H3,(H,17,23)(H,21,22). The first-order chi connectivity index (χ1) is 12.0. The number of aromatic nitrogens is 2. The van der Waals surface area contributed by atoms with Gasteiger partial charge in [-0.2, -0.15) is 4.91 Å². The van der Waals surface area contributed by atoms with Crippen molar-refractivity contribution in [2.24, 2.45) is 5.18 Å². The molecule has 0 fully saturated rings. The molecule has 0 radical (unpaired) electrons. The summed E-state index contributed by atoms with van der Waals surface area (Å²) in [6.45, 7) is 1.76. The number of aryl methyl sites for hydroxylation is 1. The van der Waals surface area contributed by atoms with Crippen LogP contribution in [-0.4, -0.2) is 28.4 Å². The number of fused-ring (bicyclic) bond motifs is 1. The fraction of sp³-hybridized carbons (Fsp3) is 0.250. The molecule has 128 valence electrons. The molecule has 2 heterocycles. The predicted octanol–water partition coefficient (Wildman–Crippen LogP) is 1.31. The van der Waals surface area contributed by atoms with Gasteiger partial charge in [-0.25, -0.2) is 9.97 Å². The van der Waals surface area contributed by atoms with Crippen LogP contribution in [0.2, 0.25) is 0 Å². The van der Waals surface area contributed by atoms with E-state index < -0.39 is 5.91 Å². The Balaban J connectivity index is 1.69. The monoisotopic (exact) mass is 341 g/mol. The van der Waals surface area contributed by atoms with Crippen molar-refractivity contribution < 1.29 is 14.3 Å². The number of ether oxygens (including phenoxy) is 1. The van der Waals surface area contributed by atoms with E-state index in [1.165, 1.54) is 6.07 Å². The van der Waals surface area contributed by atoms with Crippen molar-refractivity contribution in [2.75, 3.05) is 11.9 Å². The minimum absolute atomic E-state index is 0.00583. The van der Waals surface area contributed by atoms with Gasteiger partial charge in [-0.05, 0) is 30.7 Å². The number of nitrogens with one attached hydrogen (secondary N) is 2. The lowest BCUT2D eigenvalue weighted by Gasteiger charge is -2.18. The molecular weight excluding hydrogens is 326 g/mol. The number of hydrogen-bond acceptors (Lipinski definition) is 7. The number of carbonyl (C=O) groups excluding carboxylic acids is 2. The number of hydrogen-bond donors (Lipinski definition) is 2. The Labute approximate surface area is 142 Å². The van der Waals surface area contributed by atoms with E-state index in [-0.39, 0.29) is 31.3 Å². The highest BCUT2D eigenvalue weighted by molar-refractivity contribution is 5.95. The first kappa shape index (κ1) is 16.5. The summed E-state index contributed by atoms with van der Waals surface area (Å²) in [5.41, 5.74) is 1.92. The van der Waals surface area contributed by atoms with E-state index in [0.29, 0.717) is 23.0 Å². The summed E-state index contributed by atoms with van der Waals surface area (Å²) in [7, 11) is 0. The second-order valence-electron chi connectivity index (χ2n) is 5.43. The second kappa shape index (κ2) is 7.04. The highest BCUT2D eigenvalue weighted by Crippen LogP contribution is 2.28. The first-order valence-corrected chi connectivity index (χ1v) is 7.52. The third-order valence-corrected chi connectivity index (χ3v) is 3.48. The molecule has 0 saturated carbocycles. The highest BCUT2D eigenvalue weighted by Gasteiger charge is 2.16.